The van der Waals surface area contributed by atoms with Gasteiger partial charge in [0.25, 0.3) is 0 Å². The molecule has 0 aromatic carbocycles. The molecule has 0 unspecified atom stereocenters. The number of pyridine rings is 1. The summed E-state index contributed by atoms with van der Waals surface area (Å²) in [6, 6.07) is 3.33. The summed E-state index contributed by atoms with van der Waals surface area (Å²) >= 11 is 3.51. The molecule has 3 nitrogen and oxygen atoms in total. The van der Waals surface area contributed by atoms with Crippen molar-refractivity contribution in [3.8, 4) is 0 Å². The number of nitrogens with one attached hydrogen (secondary N) is 1. The molecule has 0 atom stereocenters. The Morgan fingerprint density at radius 2 is 2.35 bits per heavy atom. The molecule has 0 spiro atoms. The van der Waals surface area contributed by atoms with Gasteiger partial charge >= 0.3 is 0 Å². The molecule has 0 amide bonds. The van der Waals surface area contributed by atoms with Gasteiger partial charge in [-0.15, -0.1) is 0 Å². The summed E-state index contributed by atoms with van der Waals surface area (Å²) in [6.45, 7) is 2.83. The van der Waals surface area contributed by atoms with Gasteiger partial charge in [0.15, 0.2) is 0 Å². The molecule has 0 aliphatic heterocycles. The lowest BCUT2D eigenvalue weighted by atomic mass is 10.1. The van der Waals surface area contributed by atoms with Gasteiger partial charge in [-0.3, -0.25) is 9.79 Å². The molecule has 1 N–H and O–H groups in total. The molecule has 0 bridgehead atoms. The van der Waals surface area contributed by atoms with E-state index >= 15 is 0 Å². The van der Waals surface area contributed by atoms with Crippen molar-refractivity contribution in [3.05, 3.63) is 44.8 Å². The quantitative estimate of drug-likeness (QED) is 0.853. The van der Waals surface area contributed by atoms with Crippen LogP contribution in [0, 0.1) is 5.92 Å². The summed E-state index contributed by atoms with van der Waals surface area (Å²) in [4.78, 5) is 18.4. The summed E-state index contributed by atoms with van der Waals surface area (Å²) in [6.07, 6.45) is 6.25. The summed E-state index contributed by atoms with van der Waals surface area (Å²) < 4.78 is 0.963. The van der Waals surface area contributed by atoms with Crippen LogP contribution in [-0.2, 0) is 0 Å². The normalized spacial score (nSPS) is 17.3. The molecule has 1 heterocycles. The second kappa shape index (κ2) is 5.45. The molecular weight excluding hydrogens is 280 g/mol. The van der Waals surface area contributed by atoms with Gasteiger partial charge in [0.05, 0.1) is 5.71 Å². The fourth-order valence-corrected chi connectivity index (χ4v) is 1.87. The minimum Gasteiger partial charge on any atom is -0.328 e. The summed E-state index contributed by atoms with van der Waals surface area (Å²) in [5.41, 5.74) is 1.76. The van der Waals surface area contributed by atoms with Gasteiger partial charge in [-0.25, -0.2) is 0 Å². The Labute approximate surface area is 109 Å². The van der Waals surface area contributed by atoms with E-state index in [1.54, 1.807) is 12.3 Å². The number of rotatable bonds is 4. The van der Waals surface area contributed by atoms with Gasteiger partial charge in [-0.1, -0.05) is 6.08 Å². The van der Waals surface area contributed by atoms with Crippen molar-refractivity contribution < 1.29 is 0 Å². The zero-order valence-corrected chi connectivity index (χ0v) is 11.3. The van der Waals surface area contributed by atoms with E-state index in [0.717, 1.165) is 28.2 Å². The van der Waals surface area contributed by atoms with Crippen molar-refractivity contribution in [3.63, 3.8) is 0 Å². The summed E-state index contributed by atoms with van der Waals surface area (Å²) in [7, 11) is 0. The molecular formula is C13H15BrN2O. The molecule has 1 aliphatic rings. The average molecular weight is 295 g/mol. The number of halogens is 1. The maximum atomic E-state index is 11.0. The first kappa shape index (κ1) is 12.3. The smallest absolute Gasteiger partial charge is 0.247 e. The van der Waals surface area contributed by atoms with Crippen molar-refractivity contribution in [1.82, 2.24) is 4.98 Å². The molecule has 1 aromatic rings. The maximum absolute atomic E-state index is 11.0. The highest BCUT2D eigenvalue weighted by molar-refractivity contribution is 9.12. The summed E-state index contributed by atoms with van der Waals surface area (Å²) in [5.74, 6) is 0.755. The third-order valence-corrected chi connectivity index (χ3v) is 3.58. The number of hydrogen-bond donors (Lipinski definition) is 1. The van der Waals surface area contributed by atoms with Crippen molar-refractivity contribution in [2.75, 3.05) is 6.54 Å². The minimum atomic E-state index is -0.0908. The standard InChI is InChI=1S/C13H15BrN2O/c1-2-11(14)13(16-7-9-3-4-9)10-5-6-12(17)15-8-10/h2,5-6,8-9H,3-4,7H2,1H3,(H,15,17)/b11-2+,16-13?. The average Bonchev–Trinajstić information content (AvgIpc) is 3.15. The number of nitrogens with zero attached hydrogens (tertiary/aromatic N) is 1. The van der Waals surface area contributed by atoms with Crippen LogP contribution in [0.1, 0.15) is 25.3 Å². The first-order valence-corrected chi connectivity index (χ1v) is 6.55. The number of aromatic nitrogens is 1. The van der Waals surface area contributed by atoms with Crippen LogP contribution in [0.2, 0.25) is 0 Å². The number of H-pyrrole nitrogens is 1. The largest absolute Gasteiger partial charge is 0.328 e. The maximum Gasteiger partial charge on any atom is 0.247 e. The Balaban J connectivity index is 2.28. The zero-order valence-electron chi connectivity index (χ0n) is 9.74. The van der Waals surface area contributed by atoms with Crippen LogP contribution in [-0.4, -0.2) is 17.2 Å². The van der Waals surface area contributed by atoms with Crippen LogP contribution < -0.4 is 5.56 Å². The molecule has 1 fully saturated rings. The first-order chi connectivity index (χ1) is 8.20. The molecule has 1 aliphatic carbocycles. The van der Waals surface area contributed by atoms with Gasteiger partial charge in [0.1, 0.15) is 0 Å². The second-order valence-corrected chi connectivity index (χ2v) is 5.07. The van der Waals surface area contributed by atoms with Crippen LogP contribution >= 0.6 is 15.9 Å². The zero-order chi connectivity index (χ0) is 12.3. The van der Waals surface area contributed by atoms with Gasteiger partial charge in [0.2, 0.25) is 5.56 Å². The molecule has 1 saturated carbocycles. The monoisotopic (exact) mass is 294 g/mol. The van der Waals surface area contributed by atoms with E-state index in [1.165, 1.54) is 18.9 Å². The third kappa shape index (κ3) is 3.40. The predicted molar refractivity (Wildman–Crippen MR) is 73.9 cm³/mol. The van der Waals surface area contributed by atoms with Crippen LogP contribution in [0.5, 0.6) is 0 Å². The van der Waals surface area contributed by atoms with Gasteiger partial charge in [-0.2, -0.15) is 0 Å². The molecule has 2 rings (SSSR count). The summed E-state index contributed by atoms with van der Waals surface area (Å²) in [5, 5.41) is 0. The second-order valence-electron chi connectivity index (χ2n) is 4.21. The van der Waals surface area contributed by atoms with E-state index in [-0.39, 0.29) is 5.56 Å². The van der Waals surface area contributed by atoms with Gasteiger partial charge < -0.3 is 4.98 Å². The molecule has 4 heteroatoms. The molecule has 0 saturated heterocycles. The van der Waals surface area contributed by atoms with Crippen LogP contribution in [0.4, 0.5) is 0 Å². The van der Waals surface area contributed by atoms with E-state index in [1.807, 2.05) is 13.0 Å². The highest BCUT2D eigenvalue weighted by Crippen LogP contribution is 2.29. The van der Waals surface area contributed by atoms with E-state index in [0.29, 0.717) is 0 Å². The van der Waals surface area contributed by atoms with Crippen LogP contribution in [0.25, 0.3) is 0 Å². The van der Waals surface area contributed by atoms with Gasteiger partial charge in [0, 0.05) is 28.9 Å². The number of allylic oxidation sites excluding steroid dienone is 2. The topological polar surface area (TPSA) is 45.2 Å². The first-order valence-electron chi connectivity index (χ1n) is 5.76. The van der Waals surface area contributed by atoms with E-state index in [9.17, 15) is 4.79 Å². The number of hydrogen-bond acceptors (Lipinski definition) is 2. The lowest BCUT2D eigenvalue weighted by molar-refractivity contribution is 0.849. The van der Waals surface area contributed by atoms with Crippen LogP contribution in [0.15, 0.2) is 38.7 Å². The molecule has 0 radical (unpaired) electrons. The molecule has 1 aromatic heterocycles. The van der Waals surface area contributed by atoms with E-state index in [2.05, 4.69) is 25.9 Å². The Kier molecular flexibility index (Phi) is 3.94. The molecule has 17 heavy (non-hydrogen) atoms. The van der Waals surface area contributed by atoms with Crippen molar-refractivity contribution in [1.29, 1.82) is 0 Å². The lowest BCUT2D eigenvalue weighted by Crippen LogP contribution is -2.09. The number of aliphatic imine (C=N–C) groups is 1. The highest BCUT2D eigenvalue weighted by atomic mass is 79.9. The Hall–Kier alpha value is -1.16. The highest BCUT2D eigenvalue weighted by Gasteiger charge is 2.21. The Bertz CT molecular complexity index is 492. The Morgan fingerprint density at radius 3 is 2.88 bits per heavy atom. The van der Waals surface area contributed by atoms with Crippen molar-refractivity contribution >= 4 is 21.6 Å². The van der Waals surface area contributed by atoms with Crippen molar-refractivity contribution in [2.24, 2.45) is 10.9 Å². The van der Waals surface area contributed by atoms with E-state index < -0.39 is 0 Å². The number of aromatic amines is 1. The minimum absolute atomic E-state index is 0.0908. The molecule has 90 valence electrons. The third-order valence-electron chi connectivity index (χ3n) is 2.74. The Morgan fingerprint density at radius 1 is 1.59 bits per heavy atom. The predicted octanol–water partition coefficient (Wildman–Crippen LogP) is 2.87. The lowest BCUT2D eigenvalue weighted by Gasteiger charge is -2.05. The fraction of sp³-hybridized carbons (Fsp3) is 0.385. The SMILES string of the molecule is C/C=C(/Br)C(=NCC1CC1)c1ccc(=O)[nH]c1. The van der Waals surface area contributed by atoms with Crippen molar-refractivity contribution in [2.45, 2.75) is 19.8 Å². The van der Waals surface area contributed by atoms with Crippen LogP contribution in [0.3, 0.4) is 0 Å². The van der Waals surface area contributed by atoms with E-state index in [4.69, 9.17) is 0 Å². The fourth-order valence-electron chi connectivity index (χ4n) is 1.52. The van der Waals surface area contributed by atoms with Gasteiger partial charge in [-0.05, 0) is 47.7 Å².